The number of ether oxygens (including phenoxy) is 1. The Bertz CT molecular complexity index is 1200. The van der Waals surface area contributed by atoms with Crippen molar-refractivity contribution in [2.75, 3.05) is 6.61 Å². The van der Waals surface area contributed by atoms with Crippen LogP contribution in [0.1, 0.15) is 68.3 Å². The van der Waals surface area contributed by atoms with Crippen molar-refractivity contribution in [3.8, 4) is 28.3 Å². The third-order valence-electron chi connectivity index (χ3n) is 8.38. The summed E-state index contributed by atoms with van der Waals surface area (Å²) < 4.78 is 12.1. The molecule has 1 heterocycles. The van der Waals surface area contributed by atoms with Gasteiger partial charge < -0.3 is 14.4 Å². The van der Waals surface area contributed by atoms with Crippen LogP contribution >= 0.6 is 0 Å². The van der Waals surface area contributed by atoms with Gasteiger partial charge in [-0.3, -0.25) is 0 Å². The van der Waals surface area contributed by atoms with Gasteiger partial charge >= 0.3 is 5.97 Å². The second-order valence-corrected chi connectivity index (χ2v) is 11.6. The lowest BCUT2D eigenvalue weighted by Gasteiger charge is -2.57. The molecule has 4 fully saturated rings. The molecule has 7 rings (SSSR count). The second kappa shape index (κ2) is 8.54. The molecule has 4 aliphatic rings. The summed E-state index contributed by atoms with van der Waals surface area (Å²) in [4.78, 5) is 11.2. The lowest BCUT2D eigenvalue weighted by atomic mass is 9.48. The lowest BCUT2D eigenvalue weighted by molar-refractivity contribution is -0.00647. The van der Waals surface area contributed by atoms with Crippen LogP contribution in [-0.4, -0.2) is 22.8 Å². The van der Waals surface area contributed by atoms with Gasteiger partial charge in [0.05, 0.1) is 12.2 Å². The first-order chi connectivity index (χ1) is 16.9. The molecule has 5 heteroatoms. The van der Waals surface area contributed by atoms with Crippen LogP contribution in [0, 0.1) is 23.7 Å². The monoisotopic (exact) mass is 471 g/mol. The van der Waals surface area contributed by atoms with Crippen molar-refractivity contribution in [2.24, 2.45) is 23.7 Å². The standard InChI is InChI=1S/C30H33NO4/c1-18(2)17-34-27-8-7-24(12-25(27)30-14-19-9-20(15-30)11-21(10-19)16-30)26-13-28(35-31-26)22-3-5-23(6-4-22)29(32)33/h3-8,12-13,18-21H,9-11,14-17H2,1-2H3,(H,32,33). The Kier molecular flexibility index (Phi) is 5.46. The molecule has 182 valence electrons. The van der Waals surface area contributed by atoms with E-state index < -0.39 is 5.97 Å². The molecule has 35 heavy (non-hydrogen) atoms. The molecule has 1 aromatic heterocycles. The summed E-state index contributed by atoms with van der Waals surface area (Å²) in [7, 11) is 0. The predicted molar refractivity (Wildman–Crippen MR) is 135 cm³/mol. The van der Waals surface area contributed by atoms with Crippen LogP contribution in [-0.2, 0) is 5.41 Å². The van der Waals surface area contributed by atoms with Gasteiger partial charge in [-0.1, -0.05) is 31.1 Å². The molecule has 2 aromatic carbocycles. The van der Waals surface area contributed by atoms with Gasteiger partial charge in [0.15, 0.2) is 5.76 Å². The van der Waals surface area contributed by atoms with Crippen LogP contribution in [0.4, 0.5) is 0 Å². The van der Waals surface area contributed by atoms with Gasteiger partial charge in [0.1, 0.15) is 11.4 Å². The molecule has 3 aromatic rings. The zero-order chi connectivity index (χ0) is 24.2. The molecular weight excluding hydrogens is 438 g/mol. The highest BCUT2D eigenvalue weighted by atomic mass is 16.5. The van der Waals surface area contributed by atoms with Crippen LogP contribution in [0.3, 0.4) is 0 Å². The van der Waals surface area contributed by atoms with E-state index in [-0.39, 0.29) is 11.0 Å². The van der Waals surface area contributed by atoms with Gasteiger partial charge in [-0.15, -0.1) is 0 Å². The molecule has 0 radical (unpaired) electrons. The van der Waals surface area contributed by atoms with Gasteiger partial charge in [-0.25, -0.2) is 4.79 Å². The van der Waals surface area contributed by atoms with Gasteiger partial charge in [0.2, 0.25) is 0 Å². The highest BCUT2D eigenvalue weighted by Crippen LogP contribution is 2.62. The predicted octanol–water partition coefficient (Wildman–Crippen LogP) is 7.21. The number of aromatic carboxylic acids is 1. The minimum Gasteiger partial charge on any atom is -0.493 e. The van der Waals surface area contributed by atoms with Gasteiger partial charge in [-0.05, 0) is 97.9 Å². The molecule has 4 saturated carbocycles. The average molecular weight is 472 g/mol. The number of carboxylic acids is 1. The highest BCUT2D eigenvalue weighted by molar-refractivity contribution is 5.88. The number of carboxylic acid groups (broad SMARTS) is 1. The molecule has 5 nitrogen and oxygen atoms in total. The quantitative estimate of drug-likeness (QED) is 0.394. The summed E-state index contributed by atoms with van der Waals surface area (Å²) in [6, 6.07) is 15.2. The molecule has 0 amide bonds. The topological polar surface area (TPSA) is 72.6 Å². The molecule has 0 saturated heterocycles. The van der Waals surface area contributed by atoms with Crippen LogP contribution in [0.5, 0.6) is 5.75 Å². The van der Waals surface area contributed by atoms with E-state index in [9.17, 15) is 4.79 Å². The molecule has 0 unspecified atom stereocenters. The SMILES string of the molecule is CC(C)COc1ccc(-c2cc(-c3ccc(C(=O)O)cc3)on2)cc1C12CC3CC(CC(C3)C1)C2. The maximum absolute atomic E-state index is 11.2. The minimum atomic E-state index is -0.938. The van der Waals surface area contributed by atoms with Crippen molar-refractivity contribution in [2.45, 2.75) is 57.8 Å². The van der Waals surface area contributed by atoms with E-state index in [1.165, 1.54) is 44.1 Å². The Balaban J connectivity index is 1.35. The van der Waals surface area contributed by atoms with E-state index in [1.807, 2.05) is 6.07 Å². The van der Waals surface area contributed by atoms with Gasteiger partial charge in [-0.2, -0.15) is 0 Å². The zero-order valence-corrected chi connectivity index (χ0v) is 20.5. The third kappa shape index (κ3) is 4.15. The third-order valence-corrected chi connectivity index (χ3v) is 8.38. The number of hydrogen-bond acceptors (Lipinski definition) is 4. The Morgan fingerprint density at radius 1 is 1.00 bits per heavy atom. The fraction of sp³-hybridized carbons (Fsp3) is 0.467. The number of hydrogen-bond donors (Lipinski definition) is 1. The van der Waals surface area contributed by atoms with Crippen molar-refractivity contribution in [1.29, 1.82) is 0 Å². The fourth-order valence-electron chi connectivity index (χ4n) is 7.25. The maximum Gasteiger partial charge on any atom is 0.335 e. The number of nitrogens with zero attached hydrogens (tertiary/aromatic N) is 1. The average Bonchev–Trinajstić information content (AvgIpc) is 3.32. The van der Waals surface area contributed by atoms with E-state index >= 15 is 0 Å². The maximum atomic E-state index is 11.2. The van der Waals surface area contributed by atoms with Crippen molar-refractivity contribution in [3.63, 3.8) is 0 Å². The van der Waals surface area contributed by atoms with Crippen molar-refractivity contribution in [3.05, 3.63) is 59.7 Å². The van der Waals surface area contributed by atoms with E-state index in [0.29, 0.717) is 11.7 Å². The molecular formula is C30H33NO4. The highest BCUT2D eigenvalue weighted by Gasteiger charge is 2.52. The molecule has 1 N–H and O–H groups in total. The molecule has 4 bridgehead atoms. The first-order valence-electron chi connectivity index (χ1n) is 13.0. The van der Waals surface area contributed by atoms with E-state index in [1.54, 1.807) is 24.3 Å². The molecule has 0 spiro atoms. The molecule has 0 atom stereocenters. The zero-order valence-electron chi connectivity index (χ0n) is 20.5. The van der Waals surface area contributed by atoms with Crippen LogP contribution in [0.2, 0.25) is 0 Å². The minimum absolute atomic E-state index is 0.219. The van der Waals surface area contributed by atoms with Crippen molar-refractivity contribution in [1.82, 2.24) is 5.16 Å². The fourth-order valence-corrected chi connectivity index (χ4v) is 7.25. The van der Waals surface area contributed by atoms with Crippen LogP contribution < -0.4 is 4.74 Å². The second-order valence-electron chi connectivity index (χ2n) is 11.6. The van der Waals surface area contributed by atoms with Gasteiger partial charge in [0.25, 0.3) is 0 Å². The Hall–Kier alpha value is -3.08. The normalized spacial score (nSPS) is 26.9. The Morgan fingerprint density at radius 2 is 1.63 bits per heavy atom. The van der Waals surface area contributed by atoms with Crippen molar-refractivity contribution < 1.29 is 19.2 Å². The summed E-state index contributed by atoms with van der Waals surface area (Å²) in [5, 5.41) is 13.5. The van der Waals surface area contributed by atoms with Crippen LogP contribution in [0.15, 0.2) is 53.1 Å². The van der Waals surface area contributed by atoms with E-state index in [0.717, 1.165) is 46.9 Å². The van der Waals surface area contributed by atoms with Crippen molar-refractivity contribution >= 4 is 5.97 Å². The largest absolute Gasteiger partial charge is 0.493 e. The van der Waals surface area contributed by atoms with E-state index in [4.69, 9.17) is 14.4 Å². The molecule has 0 aliphatic heterocycles. The van der Waals surface area contributed by atoms with Crippen LogP contribution in [0.25, 0.3) is 22.6 Å². The number of carbonyl (C=O) groups is 1. The lowest BCUT2D eigenvalue weighted by Crippen LogP contribution is -2.48. The molecule has 4 aliphatic carbocycles. The number of aromatic nitrogens is 1. The van der Waals surface area contributed by atoms with Gasteiger partial charge in [0, 0.05) is 22.8 Å². The summed E-state index contributed by atoms with van der Waals surface area (Å²) in [5.41, 5.74) is 4.49. The summed E-state index contributed by atoms with van der Waals surface area (Å²) in [6.45, 7) is 5.11. The first kappa shape index (κ1) is 22.4. The first-order valence-corrected chi connectivity index (χ1v) is 13.0. The Morgan fingerprint density at radius 3 is 2.23 bits per heavy atom. The summed E-state index contributed by atoms with van der Waals surface area (Å²) in [6.07, 6.45) is 8.07. The summed E-state index contributed by atoms with van der Waals surface area (Å²) in [5.74, 6) is 3.78. The number of benzene rings is 2. The summed E-state index contributed by atoms with van der Waals surface area (Å²) >= 11 is 0. The number of rotatable bonds is 7. The Labute approximate surface area is 206 Å². The smallest absolute Gasteiger partial charge is 0.335 e. The van der Waals surface area contributed by atoms with E-state index in [2.05, 4.69) is 37.2 Å².